The number of fused-ring (bicyclic) bond motifs is 3. The monoisotopic (exact) mass is 321 g/mol. The van der Waals surface area contributed by atoms with Crippen molar-refractivity contribution in [1.29, 1.82) is 0 Å². The lowest BCUT2D eigenvalue weighted by Crippen LogP contribution is -1.89. The highest BCUT2D eigenvalue weighted by Gasteiger charge is 2.15. The van der Waals surface area contributed by atoms with E-state index in [1.54, 1.807) is 0 Å². The average molecular weight is 321 g/mol. The van der Waals surface area contributed by atoms with E-state index in [0.717, 1.165) is 44.3 Å². The van der Waals surface area contributed by atoms with Crippen LogP contribution in [0.25, 0.3) is 44.3 Å². The molecule has 0 fully saturated rings. The van der Waals surface area contributed by atoms with Crippen LogP contribution in [0.15, 0.2) is 84.9 Å². The minimum atomic E-state index is 0.888. The van der Waals surface area contributed by atoms with Crippen LogP contribution in [-0.2, 0) is 0 Å². The van der Waals surface area contributed by atoms with Gasteiger partial charge in [0.2, 0.25) is 0 Å². The SMILES string of the molecule is c1ccc(-c2nc3c(-c4ccccc4)n[nH]c3c3ccccc23)cc1. The quantitative estimate of drug-likeness (QED) is 0.470. The van der Waals surface area contributed by atoms with Crippen LogP contribution in [-0.4, -0.2) is 15.2 Å². The fourth-order valence-electron chi connectivity index (χ4n) is 3.33. The molecule has 0 radical (unpaired) electrons. The third kappa shape index (κ3) is 2.21. The number of nitrogens with one attached hydrogen (secondary N) is 1. The Labute approximate surface area is 145 Å². The molecule has 0 atom stereocenters. The number of H-pyrrole nitrogens is 1. The van der Waals surface area contributed by atoms with Crippen LogP contribution >= 0.6 is 0 Å². The van der Waals surface area contributed by atoms with Gasteiger partial charge in [0.15, 0.2) is 0 Å². The Balaban J connectivity index is 1.90. The lowest BCUT2D eigenvalue weighted by molar-refractivity contribution is 1.13. The summed E-state index contributed by atoms with van der Waals surface area (Å²) in [4.78, 5) is 5.02. The molecule has 0 unspecified atom stereocenters. The van der Waals surface area contributed by atoms with Gasteiger partial charge in [0.05, 0.1) is 11.2 Å². The molecule has 1 N–H and O–H groups in total. The second kappa shape index (κ2) is 5.56. The highest BCUT2D eigenvalue weighted by Crippen LogP contribution is 2.34. The van der Waals surface area contributed by atoms with Gasteiger partial charge in [-0.2, -0.15) is 5.10 Å². The van der Waals surface area contributed by atoms with Gasteiger partial charge in [-0.15, -0.1) is 0 Å². The fraction of sp³-hybridized carbons (Fsp3) is 0. The van der Waals surface area contributed by atoms with Gasteiger partial charge in [0.1, 0.15) is 11.2 Å². The molecule has 0 aliphatic rings. The minimum Gasteiger partial charge on any atom is -0.275 e. The van der Waals surface area contributed by atoms with E-state index in [4.69, 9.17) is 4.98 Å². The smallest absolute Gasteiger partial charge is 0.118 e. The van der Waals surface area contributed by atoms with Crippen LogP contribution in [0.4, 0.5) is 0 Å². The first-order chi connectivity index (χ1) is 12.4. The molecule has 118 valence electrons. The average Bonchev–Trinajstić information content (AvgIpc) is 3.13. The van der Waals surface area contributed by atoms with Crippen LogP contribution in [0.5, 0.6) is 0 Å². The lowest BCUT2D eigenvalue weighted by atomic mass is 10.0. The molecule has 0 spiro atoms. The molecule has 5 aromatic rings. The Bertz CT molecular complexity index is 1180. The zero-order valence-electron chi connectivity index (χ0n) is 13.5. The molecule has 0 aliphatic carbocycles. The van der Waals surface area contributed by atoms with Gasteiger partial charge in [-0.05, 0) is 0 Å². The maximum atomic E-state index is 5.02. The van der Waals surface area contributed by atoms with Gasteiger partial charge in [0, 0.05) is 21.9 Å². The molecular formula is C22H15N3. The van der Waals surface area contributed by atoms with Crippen molar-refractivity contribution in [2.45, 2.75) is 0 Å². The number of pyridine rings is 1. The predicted octanol–water partition coefficient (Wildman–Crippen LogP) is 5.45. The number of nitrogens with zero attached hydrogens (tertiary/aromatic N) is 2. The molecule has 3 aromatic carbocycles. The summed E-state index contributed by atoms with van der Waals surface area (Å²) in [5.74, 6) is 0. The molecule has 3 nitrogen and oxygen atoms in total. The second-order valence-electron chi connectivity index (χ2n) is 6.03. The van der Waals surface area contributed by atoms with Crippen molar-refractivity contribution in [3.05, 3.63) is 84.9 Å². The van der Waals surface area contributed by atoms with Crippen molar-refractivity contribution in [3.8, 4) is 22.5 Å². The van der Waals surface area contributed by atoms with E-state index >= 15 is 0 Å². The summed E-state index contributed by atoms with van der Waals surface area (Å²) in [6, 6.07) is 28.8. The Hall–Kier alpha value is -3.46. The number of hydrogen-bond acceptors (Lipinski definition) is 2. The predicted molar refractivity (Wildman–Crippen MR) is 102 cm³/mol. The van der Waals surface area contributed by atoms with Crippen molar-refractivity contribution in [2.75, 3.05) is 0 Å². The summed E-state index contributed by atoms with van der Waals surface area (Å²) >= 11 is 0. The van der Waals surface area contributed by atoms with Crippen molar-refractivity contribution in [1.82, 2.24) is 15.2 Å². The molecule has 2 heterocycles. The van der Waals surface area contributed by atoms with E-state index in [1.807, 2.05) is 36.4 Å². The molecule has 5 rings (SSSR count). The number of aromatic nitrogens is 3. The number of benzene rings is 3. The van der Waals surface area contributed by atoms with Crippen LogP contribution in [0, 0.1) is 0 Å². The molecular weight excluding hydrogens is 306 g/mol. The molecule has 0 saturated carbocycles. The van der Waals surface area contributed by atoms with Crippen LogP contribution < -0.4 is 0 Å². The largest absolute Gasteiger partial charge is 0.275 e. The van der Waals surface area contributed by atoms with Gasteiger partial charge >= 0.3 is 0 Å². The molecule has 25 heavy (non-hydrogen) atoms. The lowest BCUT2D eigenvalue weighted by Gasteiger charge is -2.08. The van der Waals surface area contributed by atoms with Gasteiger partial charge in [-0.25, -0.2) is 4.98 Å². The Morgan fingerprint density at radius 3 is 1.80 bits per heavy atom. The topological polar surface area (TPSA) is 41.6 Å². The zero-order chi connectivity index (χ0) is 16.6. The molecule has 2 aromatic heterocycles. The summed E-state index contributed by atoms with van der Waals surface area (Å²) in [6.07, 6.45) is 0. The van der Waals surface area contributed by atoms with Crippen molar-refractivity contribution in [2.24, 2.45) is 0 Å². The minimum absolute atomic E-state index is 0.888. The maximum absolute atomic E-state index is 5.02. The van der Waals surface area contributed by atoms with Gasteiger partial charge < -0.3 is 0 Å². The Morgan fingerprint density at radius 2 is 1.12 bits per heavy atom. The van der Waals surface area contributed by atoms with E-state index in [1.165, 1.54) is 0 Å². The van der Waals surface area contributed by atoms with E-state index in [-0.39, 0.29) is 0 Å². The third-order valence-corrected chi connectivity index (χ3v) is 4.51. The van der Waals surface area contributed by atoms with E-state index < -0.39 is 0 Å². The third-order valence-electron chi connectivity index (χ3n) is 4.51. The van der Waals surface area contributed by atoms with Crippen LogP contribution in [0.3, 0.4) is 0 Å². The summed E-state index contributed by atoms with van der Waals surface area (Å²) in [5, 5.41) is 10.0. The number of hydrogen-bond donors (Lipinski definition) is 1. The van der Waals surface area contributed by atoms with Gasteiger partial charge in [-0.3, -0.25) is 5.10 Å². The van der Waals surface area contributed by atoms with E-state index in [9.17, 15) is 0 Å². The van der Waals surface area contributed by atoms with E-state index in [2.05, 4.69) is 58.7 Å². The molecule has 3 heteroatoms. The van der Waals surface area contributed by atoms with Crippen molar-refractivity contribution < 1.29 is 0 Å². The van der Waals surface area contributed by atoms with Crippen molar-refractivity contribution in [3.63, 3.8) is 0 Å². The second-order valence-corrected chi connectivity index (χ2v) is 6.03. The first-order valence-corrected chi connectivity index (χ1v) is 8.29. The summed E-state index contributed by atoms with van der Waals surface area (Å²) < 4.78 is 0. The normalized spacial score (nSPS) is 11.2. The molecule has 0 aliphatic heterocycles. The fourth-order valence-corrected chi connectivity index (χ4v) is 3.33. The zero-order valence-corrected chi connectivity index (χ0v) is 13.5. The number of aromatic amines is 1. The highest BCUT2D eigenvalue weighted by atomic mass is 15.1. The summed E-state index contributed by atoms with van der Waals surface area (Å²) in [7, 11) is 0. The van der Waals surface area contributed by atoms with Gasteiger partial charge in [0.25, 0.3) is 0 Å². The summed E-state index contributed by atoms with van der Waals surface area (Å²) in [6.45, 7) is 0. The summed E-state index contributed by atoms with van der Waals surface area (Å²) in [5.41, 5.74) is 5.94. The first kappa shape index (κ1) is 13.9. The maximum Gasteiger partial charge on any atom is 0.118 e. The molecule has 0 bridgehead atoms. The van der Waals surface area contributed by atoms with Crippen LogP contribution in [0.1, 0.15) is 0 Å². The van der Waals surface area contributed by atoms with Gasteiger partial charge in [-0.1, -0.05) is 84.9 Å². The van der Waals surface area contributed by atoms with Crippen molar-refractivity contribution >= 4 is 21.8 Å². The number of rotatable bonds is 2. The molecule has 0 amide bonds. The Morgan fingerprint density at radius 1 is 0.560 bits per heavy atom. The molecule has 0 saturated heterocycles. The van der Waals surface area contributed by atoms with Crippen LogP contribution in [0.2, 0.25) is 0 Å². The standard InChI is InChI=1S/C22H15N3/c1-3-9-15(10-4-1)19-17-13-7-8-14-18(17)21-22(23-19)20(24-25-21)16-11-5-2-6-12-16/h1-14H,(H,24,25). The first-order valence-electron chi connectivity index (χ1n) is 8.29. The van der Waals surface area contributed by atoms with E-state index in [0.29, 0.717) is 0 Å². The highest BCUT2D eigenvalue weighted by molar-refractivity contribution is 6.11. The Kier molecular flexibility index (Phi) is 3.10.